The van der Waals surface area contributed by atoms with E-state index in [2.05, 4.69) is 6.07 Å². The number of ether oxygens (including phenoxy) is 2. The minimum atomic E-state index is -0.209. The van der Waals surface area contributed by atoms with Gasteiger partial charge in [0.1, 0.15) is 11.5 Å². The number of nitrogens with zero attached hydrogens (tertiary/aromatic N) is 1. The SMILES string of the molecule is COc1cc(C(C)C#N)c(OC)cc1SC. The Labute approximate surface area is 100 Å². The summed E-state index contributed by atoms with van der Waals surface area (Å²) in [6, 6.07) is 5.99. The Morgan fingerprint density at radius 3 is 2.31 bits per heavy atom. The first-order valence-corrected chi connectivity index (χ1v) is 6.09. The lowest BCUT2D eigenvalue weighted by atomic mass is 10.0. The zero-order valence-electron chi connectivity index (χ0n) is 9.90. The van der Waals surface area contributed by atoms with E-state index in [0.717, 1.165) is 22.0 Å². The number of hydrogen-bond acceptors (Lipinski definition) is 4. The third-order valence-corrected chi connectivity index (χ3v) is 3.15. The van der Waals surface area contributed by atoms with Crippen molar-refractivity contribution in [2.45, 2.75) is 17.7 Å². The highest BCUT2D eigenvalue weighted by Crippen LogP contribution is 2.37. The van der Waals surface area contributed by atoms with Crippen LogP contribution in [-0.4, -0.2) is 20.5 Å². The van der Waals surface area contributed by atoms with Crippen molar-refractivity contribution in [3.05, 3.63) is 17.7 Å². The summed E-state index contributed by atoms with van der Waals surface area (Å²) in [5.41, 5.74) is 0.861. The van der Waals surface area contributed by atoms with E-state index >= 15 is 0 Å². The van der Waals surface area contributed by atoms with Gasteiger partial charge in [0, 0.05) is 5.56 Å². The second-order valence-corrected chi connectivity index (χ2v) is 4.15. The fourth-order valence-electron chi connectivity index (χ4n) is 1.46. The number of thioether (sulfide) groups is 1. The molecule has 0 saturated heterocycles. The van der Waals surface area contributed by atoms with Gasteiger partial charge in [0.05, 0.1) is 31.1 Å². The maximum absolute atomic E-state index is 8.95. The molecule has 0 N–H and O–H groups in total. The van der Waals surface area contributed by atoms with Gasteiger partial charge in [-0.1, -0.05) is 0 Å². The van der Waals surface area contributed by atoms with Crippen LogP contribution in [0.15, 0.2) is 17.0 Å². The van der Waals surface area contributed by atoms with E-state index in [1.54, 1.807) is 26.0 Å². The molecule has 4 heteroatoms. The van der Waals surface area contributed by atoms with Gasteiger partial charge in [0.2, 0.25) is 0 Å². The van der Waals surface area contributed by atoms with E-state index in [0.29, 0.717) is 0 Å². The minimum Gasteiger partial charge on any atom is -0.496 e. The largest absolute Gasteiger partial charge is 0.496 e. The summed E-state index contributed by atoms with van der Waals surface area (Å²) in [4.78, 5) is 1.01. The topological polar surface area (TPSA) is 42.2 Å². The Morgan fingerprint density at radius 1 is 1.25 bits per heavy atom. The van der Waals surface area contributed by atoms with Crippen LogP contribution in [0, 0.1) is 11.3 Å². The zero-order valence-corrected chi connectivity index (χ0v) is 10.7. The molecule has 0 radical (unpaired) electrons. The fraction of sp³-hybridized carbons (Fsp3) is 0.417. The van der Waals surface area contributed by atoms with Crippen molar-refractivity contribution in [1.29, 1.82) is 5.26 Å². The molecule has 86 valence electrons. The molecule has 0 aromatic heterocycles. The van der Waals surface area contributed by atoms with Gasteiger partial charge in [-0.3, -0.25) is 0 Å². The summed E-state index contributed by atoms with van der Waals surface area (Å²) in [5, 5.41) is 8.95. The van der Waals surface area contributed by atoms with Crippen LogP contribution >= 0.6 is 11.8 Å². The smallest absolute Gasteiger partial charge is 0.132 e. The lowest BCUT2D eigenvalue weighted by Crippen LogP contribution is -1.98. The van der Waals surface area contributed by atoms with Crippen LogP contribution in [0.25, 0.3) is 0 Å². The van der Waals surface area contributed by atoms with Gasteiger partial charge in [0.15, 0.2) is 0 Å². The van der Waals surface area contributed by atoms with Crippen LogP contribution in [0.3, 0.4) is 0 Å². The molecule has 0 fully saturated rings. The lowest BCUT2D eigenvalue weighted by Gasteiger charge is -2.14. The zero-order chi connectivity index (χ0) is 12.1. The van der Waals surface area contributed by atoms with Crippen LogP contribution in [-0.2, 0) is 0 Å². The maximum atomic E-state index is 8.95. The Morgan fingerprint density at radius 2 is 1.88 bits per heavy atom. The highest BCUT2D eigenvalue weighted by Gasteiger charge is 2.15. The summed E-state index contributed by atoms with van der Waals surface area (Å²) in [6.07, 6.45) is 1.98. The summed E-state index contributed by atoms with van der Waals surface area (Å²) in [5.74, 6) is 1.31. The molecular formula is C12H15NO2S. The monoisotopic (exact) mass is 237 g/mol. The molecule has 16 heavy (non-hydrogen) atoms. The summed E-state index contributed by atoms with van der Waals surface area (Å²) in [6.45, 7) is 1.84. The van der Waals surface area contributed by atoms with E-state index in [9.17, 15) is 0 Å². The molecule has 0 saturated carbocycles. The normalized spacial score (nSPS) is 11.7. The molecular weight excluding hydrogens is 222 g/mol. The average Bonchev–Trinajstić information content (AvgIpc) is 2.35. The highest BCUT2D eigenvalue weighted by atomic mass is 32.2. The number of benzene rings is 1. The van der Waals surface area contributed by atoms with Gasteiger partial charge in [-0.25, -0.2) is 0 Å². The van der Waals surface area contributed by atoms with E-state index in [1.807, 2.05) is 25.3 Å². The predicted octanol–water partition coefficient (Wildman–Crippen LogP) is 3.05. The molecule has 0 amide bonds. The van der Waals surface area contributed by atoms with Gasteiger partial charge in [-0.15, -0.1) is 11.8 Å². The van der Waals surface area contributed by atoms with E-state index < -0.39 is 0 Å². The Hall–Kier alpha value is -1.34. The van der Waals surface area contributed by atoms with Crippen molar-refractivity contribution < 1.29 is 9.47 Å². The third-order valence-electron chi connectivity index (χ3n) is 2.40. The van der Waals surface area contributed by atoms with Gasteiger partial charge in [0.25, 0.3) is 0 Å². The first-order valence-electron chi connectivity index (χ1n) is 4.87. The number of methoxy groups -OCH3 is 2. The quantitative estimate of drug-likeness (QED) is 0.755. The van der Waals surface area contributed by atoms with Crippen molar-refractivity contribution >= 4 is 11.8 Å². The molecule has 1 unspecified atom stereocenters. The number of hydrogen-bond donors (Lipinski definition) is 0. The van der Waals surface area contributed by atoms with Gasteiger partial charge < -0.3 is 9.47 Å². The molecule has 0 spiro atoms. The Balaban J connectivity index is 3.32. The molecule has 1 aromatic carbocycles. The van der Waals surface area contributed by atoms with Crippen LogP contribution < -0.4 is 9.47 Å². The Bertz CT molecular complexity index is 412. The van der Waals surface area contributed by atoms with Crippen molar-refractivity contribution in [3.8, 4) is 17.6 Å². The van der Waals surface area contributed by atoms with Crippen LogP contribution in [0.4, 0.5) is 0 Å². The van der Waals surface area contributed by atoms with Crippen molar-refractivity contribution in [2.24, 2.45) is 0 Å². The third kappa shape index (κ3) is 2.42. The molecule has 0 aliphatic carbocycles. The predicted molar refractivity (Wildman–Crippen MR) is 65.4 cm³/mol. The molecule has 1 atom stereocenters. The van der Waals surface area contributed by atoms with E-state index in [-0.39, 0.29) is 5.92 Å². The van der Waals surface area contributed by atoms with Crippen molar-refractivity contribution in [2.75, 3.05) is 20.5 Å². The molecule has 0 aliphatic rings. The second-order valence-electron chi connectivity index (χ2n) is 3.30. The molecule has 1 aromatic rings. The van der Waals surface area contributed by atoms with Gasteiger partial charge in [-0.05, 0) is 25.3 Å². The summed E-state index contributed by atoms with van der Waals surface area (Å²) < 4.78 is 10.6. The molecule has 0 bridgehead atoms. The average molecular weight is 237 g/mol. The van der Waals surface area contributed by atoms with Gasteiger partial charge >= 0.3 is 0 Å². The first-order chi connectivity index (χ1) is 7.67. The van der Waals surface area contributed by atoms with Gasteiger partial charge in [-0.2, -0.15) is 5.26 Å². The van der Waals surface area contributed by atoms with Crippen molar-refractivity contribution in [3.63, 3.8) is 0 Å². The molecule has 3 nitrogen and oxygen atoms in total. The van der Waals surface area contributed by atoms with E-state index in [1.165, 1.54) is 0 Å². The molecule has 1 rings (SSSR count). The summed E-state index contributed by atoms with van der Waals surface area (Å²) in [7, 11) is 3.24. The first kappa shape index (κ1) is 12.7. The fourth-order valence-corrected chi connectivity index (χ4v) is 2.03. The number of rotatable bonds is 4. The summed E-state index contributed by atoms with van der Waals surface area (Å²) >= 11 is 1.59. The van der Waals surface area contributed by atoms with E-state index in [4.69, 9.17) is 14.7 Å². The molecule has 0 heterocycles. The maximum Gasteiger partial charge on any atom is 0.132 e. The van der Waals surface area contributed by atoms with Crippen molar-refractivity contribution in [1.82, 2.24) is 0 Å². The minimum absolute atomic E-state index is 0.209. The van der Waals surface area contributed by atoms with Crippen LogP contribution in [0.5, 0.6) is 11.5 Å². The van der Waals surface area contributed by atoms with Crippen LogP contribution in [0.2, 0.25) is 0 Å². The lowest BCUT2D eigenvalue weighted by molar-refractivity contribution is 0.390. The second kappa shape index (κ2) is 5.66. The Kier molecular flexibility index (Phi) is 4.51. The highest BCUT2D eigenvalue weighted by molar-refractivity contribution is 7.98. The number of nitriles is 1. The molecule has 0 aliphatic heterocycles. The van der Waals surface area contributed by atoms with Crippen LogP contribution in [0.1, 0.15) is 18.4 Å². The standard InChI is InChI=1S/C12H15NO2S/c1-8(7-13)9-5-11(15-3)12(16-4)6-10(9)14-2/h5-6,8H,1-4H3.